The van der Waals surface area contributed by atoms with Crippen LogP contribution in [0.15, 0.2) is 24.3 Å². The molecule has 0 bridgehead atoms. The summed E-state index contributed by atoms with van der Waals surface area (Å²) in [6, 6.07) is 8.52. The van der Waals surface area contributed by atoms with Crippen molar-refractivity contribution in [2.75, 3.05) is 13.7 Å². The topological polar surface area (TPSA) is 50.4 Å². The molecule has 1 atom stereocenters. The molecule has 1 unspecified atom stereocenters. The van der Waals surface area contributed by atoms with Gasteiger partial charge < -0.3 is 15.4 Å². The summed E-state index contributed by atoms with van der Waals surface area (Å²) in [5.74, 6) is 0.349. The standard InChI is InChI=1S/C16H24N2O2/c1-11(2)15(10-20-3)18-16(19)17-14-8-12-6-4-5-7-13(12)9-14/h4-7,11,14-15H,8-10H2,1-3H3,(H2,17,18,19). The number of fused-ring (bicyclic) bond motifs is 1. The maximum atomic E-state index is 12.1. The molecule has 110 valence electrons. The third-order valence-electron chi connectivity index (χ3n) is 3.85. The van der Waals surface area contributed by atoms with Gasteiger partial charge in [0.2, 0.25) is 0 Å². The minimum Gasteiger partial charge on any atom is -0.383 e. The van der Waals surface area contributed by atoms with Gasteiger partial charge in [-0.2, -0.15) is 0 Å². The van der Waals surface area contributed by atoms with Gasteiger partial charge in [-0.1, -0.05) is 38.1 Å². The molecule has 2 rings (SSSR count). The fraction of sp³-hybridized carbons (Fsp3) is 0.562. The monoisotopic (exact) mass is 276 g/mol. The number of carbonyl (C=O) groups excluding carboxylic acids is 1. The first-order valence-corrected chi connectivity index (χ1v) is 7.23. The smallest absolute Gasteiger partial charge is 0.315 e. The molecule has 0 aliphatic heterocycles. The Bertz CT molecular complexity index is 435. The molecule has 1 aromatic carbocycles. The van der Waals surface area contributed by atoms with Gasteiger partial charge in [0, 0.05) is 13.2 Å². The molecule has 0 fully saturated rings. The average Bonchev–Trinajstić information content (AvgIpc) is 2.79. The van der Waals surface area contributed by atoms with Gasteiger partial charge in [-0.15, -0.1) is 0 Å². The van der Waals surface area contributed by atoms with Gasteiger partial charge in [0.25, 0.3) is 0 Å². The minimum atomic E-state index is -0.0986. The number of urea groups is 1. The molecule has 0 saturated heterocycles. The number of benzene rings is 1. The van der Waals surface area contributed by atoms with E-state index in [0.29, 0.717) is 12.5 Å². The van der Waals surface area contributed by atoms with Crippen molar-refractivity contribution in [2.24, 2.45) is 5.92 Å². The van der Waals surface area contributed by atoms with E-state index >= 15 is 0 Å². The quantitative estimate of drug-likeness (QED) is 0.865. The Morgan fingerprint density at radius 2 is 1.90 bits per heavy atom. The van der Waals surface area contributed by atoms with E-state index in [1.54, 1.807) is 7.11 Å². The molecule has 1 aromatic rings. The van der Waals surface area contributed by atoms with Gasteiger partial charge in [0.15, 0.2) is 0 Å². The van der Waals surface area contributed by atoms with Crippen LogP contribution in [0.2, 0.25) is 0 Å². The van der Waals surface area contributed by atoms with Crippen LogP contribution in [-0.2, 0) is 17.6 Å². The summed E-state index contributed by atoms with van der Waals surface area (Å²) < 4.78 is 5.14. The van der Waals surface area contributed by atoms with Crippen LogP contribution in [0.5, 0.6) is 0 Å². The van der Waals surface area contributed by atoms with Crippen LogP contribution in [0.25, 0.3) is 0 Å². The fourth-order valence-corrected chi connectivity index (χ4v) is 2.64. The molecule has 1 aliphatic rings. The van der Waals surface area contributed by atoms with Crippen molar-refractivity contribution in [1.29, 1.82) is 0 Å². The first-order valence-electron chi connectivity index (χ1n) is 7.23. The number of hydrogen-bond acceptors (Lipinski definition) is 2. The zero-order valence-corrected chi connectivity index (χ0v) is 12.5. The number of methoxy groups -OCH3 is 1. The van der Waals surface area contributed by atoms with Crippen molar-refractivity contribution in [1.82, 2.24) is 10.6 Å². The summed E-state index contributed by atoms with van der Waals surface area (Å²) in [5, 5.41) is 6.06. The number of nitrogens with one attached hydrogen (secondary N) is 2. The summed E-state index contributed by atoms with van der Waals surface area (Å²) in [5.41, 5.74) is 2.69. The number of ether oxygens (including phenoxy) is 1. The number of rotatable bonds is 5. The molecule has 0 aromatic heterocycles. The van der Waals surface area contributed by atoms with Crippen molar-refractivity contribution in [3.8, 4) is 0 Å². The van der Waals surface area contributed by atoms with E-state index < -0.39 is 0 Å². The van der Waals surface area contributed by atoms with Crippen LogP contribution in [-0.4, -0.2) is 31.8 Å². The Kier molecular flexibility index (Phi) is 5.01. The van der Waals surface area contributed by atoms with E-state index in [-0.39, 0.29) is 18.1 Å². The molecule has 2 amide bonds. The van der Waals surface area contributed by atoms with Gasteiger partial charge in [0.05, 0.1) is 12.6 Å². The lowest BCUT2D eigenvalue weighted by Gasteiger charge is -2.23. The van der Waals surface area contributed by atoms with E-state index in [1.807, 2.05) is 0 Å². The molecule has 4 heteroatoms. The number of hydrogen-bond donors (Lipinski definition) is 2. The van der Waals surface area contributed by atoms with E-state index in [9.17, 15) is 4.79 Å². The number of carbonyl (C=O) groups is 1. The normalized spacial score (nSPS) is 16.0. The Morgan fingerprint density at radius 1 is 1.30 bits per heavy atom. The molecular weight excluding hydrogens is 252 g/mol. The Morgan fingerprint density at radius 3 is 2.40 bits per heavy atom. The second kappa shape index (κ2) is 6.75. The van der Waals surface area contributed by atoms with Gasteiger partial charge in [0.1, 0.15) is 0 Å². The van der Waals surface area contributed by atoms with Crippen molar-refractivity contribution >= 4 is 6.03 Å². The van der Waals surface area contributed by atoms with E-state index in [2.05, 4.69) is 48.7 Å². The Labute approximate surface area is 120 Å². The van der Waals surface area contributed by atoms with Crippen molar-refractivity contribution in [3.05, 3.63) is 35.4 Å². The average molecular weight is 276 g/mol. The molecule has 2 N–H and O–H groups in total. The molecule has 4 nitrogen and oxygen atoms in total. The second-order valence-corrected chi connectivity index (χ2v) is 5.80. The van der Waals surface area contributed by atoms with E-state index in [1.165, 1.54) is 11.1 Å². The number of amides is 2. The van der Waals surface area contributed by atoms with Crippen molar-refractivity contribution in [2.45, 2.75) is 38.8 Å². The highest BCUT2D eigenvalue weighted by atomic mass is 16.5. The predicted octanol–water partition coefficient (Wildman–Crippen LogP) is 2.12. The van der Waals surface area contributed by atoms with Crippen LogP contribution >= 0.6 is 0 Å². The molecule has 0 radical (unpaired) electrons. The lowest BCUT2D eigenvalue weighted by atomic mass is 10.1. The van der Waals surface area contributed by atoms with Gasteiger partial charge in [-0.05, 0) is 29.9 Å². The van der Waals surface area contributed by atoms with Crippen molar-refractivity contribution in [3.63, 3.8) is 0 Å². The van der Waals surface area contributed by atoms with Gasteiger partial charge in [-0.3, -0.25) is 0 Å². The van der Waals surface area contributed by atoms with Crippen LogP contribution in [0.3, 0.4) is 0 Å². The Balaban J connectivity index is 1.84. The van der Waals surface area contributed by atoms with E-state index in [4.69, 9.17) is 4.74 Å². The molecule has 20 heavy (non-hydrogen) atoms. The van der Waals surface area contributed by atoms with Crippen LogP contribution in [0.1, 0.15) is 25.0 Å². The van der Waals surface area contributed by atoms with Crippen LogP contribution in [0.4, 0.5) is 4.79 Å². The SMILES string of the molecule is COCC(NC(=O)NC1Cc2ccccc2C1)C(C)C. The summed E-state index contributed by atoms with van der Waals surface area (Å²) in [4.78, 5) is 12.1. The highest BCUT2D eigenvalue weighted by molar-refractivity contribution is 5.74. The minimum absolute atomic E-state index is 0.0452. The van der Waals surface area contributed by atoms with Crippen LogP contribution < -0.4 is 10.6 Å². The third-order valence-corrected chi connectivity index (χ3v) is 3.85. The largest absolute Gasteiger partial charge is 0.383 e. The zero-order valence-electron chi connectivity index (χ0n) is 12.5. The molecular formula is C16H24N2O2. The van der Waals surface area contributed by atoms with Crippen molar-refractivity contribution < 1.29 is 9.53 Å². The third kappa shape index (κ3) is 3.73. The predicted molar refractivity (Wildman–Crippen MR) is 79.8 cm³/mol. The molecule has 0 saturated carbocycles. The lowest BCUT2D eigenvalue weighted by Crippen LogP contribution is -2.49. The first-order chi connectivity index (χ1) is 9.60. The first kappa shape index (κ1) is 14.9. The van der Waals surface area contributed by atoms with Gasteiger partial charge >= 0.3 is 6.03 Å². The fourth-order valence-electron chi connectivity index (χ4n) is 2.64. The summed E-state index contributed by atoms with van der Waals surface area (Å²) in [7, 11) is 1.66. The lowest BCUT2D eigenvalue weighted by molar-refractivity contribution is 0.147. The summed E-state index contributed by atoms with van der Waals surface area (Å²) in [6.07, 6.45) is 1.83. The van der Waals surface area contributed by atoms with Gasteiger partial charge in [-0.25, -0.2) is 4.79 Å². The van der Waals surface area contributed by atoms with E-state index in [0.717, 1.165) is 12.8 Å². The molecule has 0 heterocycles. The summed E-state index contributed by atoms with van der Waals surface area (Å²) in [6.45, 7) is 4.70. The second-order valence-electron chi connectivity index (χ2n) is 5.80. The maximum absolute atomic E-state index is 12.1. The highest BCUT2D eigenvalue weighted by Gasteiger charge is 2.23. The highest BCUT2D eigenvalue weighted by Crippen LogP contribution is 2.21. The summed E-state index contributed by atoms with van der Waals surface area (Å²) >= 11 is 0. The molecule has 1 aliphatic carbocycles. The Hall–Kier alpha value is -1.55. The van der Waals surface area contributed by atoms with Crippen LogP contribution in [0, 0.1) is 5.92 Å². The zero-order chi connectivity index (χ0) is 14.5. The molecule has 0 spiro atoms. The maximum Gasteiger partial charge on any atom is 0.315 e.